The molecule has 2 saturated carbocycles. The molecule has 11 heteroatoms. The van der Waals surface area contributed by atoms with Crippen LogP contribution in [0, 0.1) is 41.4 Å². The molecule has 2 rings (SSSR count). The molecule has 9 atom stereocenters. The van der Waals surface area contributed by atoms with Crippen LogP contribution in [0.3, 0.4) is 0 Å². The van der Waals surface area contributed by atoms with Crippen LogP contribution in [0.4, 0.5) is 0 Å². The number of aliphatic hydroxyl groups is 2. The summed E-state index contributed by atoms with van der Waals surface area (Å²) in [6.07, 6.45) is 37.0. The van der Waals surface area contributed by atoms with Crippen molar-refractivity contribution in [2.24, 2.45) is 29.6 Å². The lowest BCUT2D eigenvalue weighted by Crippen LogP contribution is -2.50. The summed E-state index contributed by atoms with van der Waals surface area (Å²) in [5.74, 6) is 8.71. The van der Waals surface area contributed by atoms with E-state index in [1.807, 2.05) is 4.90 Å². The fraction of sp³-hybridized carbons (Fsp3) is 0.894. The number of nitrogens with zero attached hydrogens (tertiary/aromatic N) is 3. The second-order valence-corrected chi connectivity index (χ2v) is 24.0. The Balaban J connectivity index is 2.25. The minimum absolute atomic E-state index is 0.0465. The smallest absolute Gasteiger partial charge is 0.323 e. The topological polar surface area (TPSA) is 132 Å². The number of hydrogen-bond donors (Lipinski definition) is 3. The summed E-state index contributed by atoms with van der Waals surface area (Å²) in [5, 5.41) is 25.8. The number of esters is 2. The summed E-state index contributed by atoms with van der Waals surface area (Å²) in [6.45, 7) is 23.9. The maximum atomic E-state index is 14.3. The van der Waals surface area contributed by atoms with Crippen molar-refractivity contribution in [1.29, 1.82) is 0 Å². The minimum atomic E-state index is -0.906. The Morgan fingerprint density at radius 1 is 0.597 bits per heavy atom. The zero-order valence-electron chi connectivity index (χ0n) is 51.4. The molecule has 0 amide bonds. The molecule has 11 nitrogen and oxygen atoms in total. The van der Waals surface area contributed by atoms with Gasteiger partial charge in [-0.25, -0.2) is 0 Å². The van der Waals surface area contributed by atoms with Crippen molar-refractivity contribution in [3.8, 4) is 11.8 Å². The van der Waals surface area contributed by atoms with E-state index in [9.17, 15) is 24.6 Å². The van der Waals surface area contributed by atoms with Crippen molar-refractivity contribution in [1.82, 2.24) is 20.0 Å². The van der Waals surface area contributed by atoms with Crippen molar-refractivity contribution >= 4 is 17.7 Å². The van der Waals surface area contributed by atoms with Gasteiger partial charge in [0.15, 0.2) is 0 Å². The highest BCUT2D eigenvalue weighted by molar-refractivity contribution is 5.85. The fourth-order valence-corrected chi connectivity index (χ4v) is 12.6. The number of carbonyl (C=O) groups is 3. The molecule has 2 fully saturated rings. The van der Waals surface area contributed by atoms with E-state index in [1.165, 1.54) is 135 Å². The van der Waals surface area contributed by atoms with Gasteiger partial charge in [0.2, 0.25) is 0 Å². The number of aliphatic hydroxyl groups excluding tert-OH is 2. The summed E-state index contributed by atoms with van der Waals surface area (Å²) in [6, 6.07) is -1.11. The first-order valence-electron chi connectivity index (χ1n) is 32.6. The van der Waals surface area contributed by atoms with Crippen LogP contribution in [-0.4, -0.2) is 120 Å². The number of carbonyl (C=O) groups excluding carboxylic acids is 3. The highest BCUT2D eigenvalue weighted by Gasteiger charge is 2.36. The molecule has 2 aliphatic carbocycles. The Morgan fingerprint density at radius 2 is 1.16 bits per heavy atom. The first kappa shape index (κ1) is 70.6. The molecule has 0 bridgehead atoms. The molecule has 77 heavy (non-hydrogen) atoms. The molecule has 448 valence electrons. The highest BCUT2D eigenvalue weighted by Crippen LogP contribution is 2.39. The summed E-state index contributed by atoms with van der Waals surface area (Å²) < 4.78 is 12.5. The number of unbranched alkanes of at least 4 members (excludes halogenated alkanes) is 14. The molecule has 0 aromatic rings. The minimum Gasteiger partial charge on any atom is -0.464 e. The highest BCUT2D eigenvalue weighted by atomic mass is 16.5. The predicted octanol–water partition coefficient (Wildman–Crippen LogP) is 14.6. The number of nitrogens with one attached hydrogen (secondary N) is 1. The molecular weight excluding hydrogens is 961 g/mol. The van der Waals surface area contributed by atoms with Crippen LogP contribution >= 0.6 is 0 Å². The fourth-order valence-electron chi connectivity index (χ4n) is 12.6. The third-order valence-corrected chi connectivity index (χ3v) is 17.6. The SMILES string of the molecule is C=C(NC1CCC(CCCC)C(CCC)C1)C(CC(=O)OC1CCC(CCCC)C(CCCCCCCC)C1)N(CO)CCN(CC)CCN(CO)C(CC(C)=O)C(=O)OCC(CC#CCCCCCC)CCCCCC. The summed E-state index contributed by atoms with van der Waals surface area (Å²) >= 11 is 0. The Hall–Kier alpha value is -2.49. The Bertz CT molecular complexity index is 1580. The van der Waals surface area contributed by atoms with Gasteiger partial charge in [0.25, 0.3) is 0 Å². The van der Waals surface area contributed by atoms with Gasteiger partial charge < -0.3 is 29.9 Å². The summed E-state index contributed by atoms with van der Waals surface area (Å²) in [5.41, 5.74) is 0.769. The molecule has 0 radical (unpaired) electrons. The Labute approximate surface area is 474 Å². The maximum absolute atomic E-state index is 14.3. The van der Waals surface area contributed by atoms with Crippen molar-refractivity contribution in [3.05, 3.63) is 12.3 Å². The van der Waals surface area contributed by atoms with Crippen LogP contribution < -0.4 is 5.32 Å². The summed E-state index contributed by atoms with van der Waals surface area (Å²) in [4.78, 5) is 46.7. The molecule has 9 unspecified atom stereocenters. The molecule has 0 spiro atoms. The van der Waals surface area contributed by atoms with E-state index in [0.717, 1.165) is 82.2 Å². The lowest BCUT2D eigenvalue weighted by atomic mass is 9.72. The summed E-state index contributed by atoms with van der Waals surface area (Å²) in [7, 11) is 0. The van der Waals surface area contributed by atoms with Gasteiger partial charge in [0, 0.05) is 63.1 Å². The maximum Gasteiger partial charge on any atom is 0.323 e. The molecule has 0 saturated heterocycles. The van der Waals surface area contributed by atoms with Gasteiger partial charge in [-0.05, 0) is 88.5 Å². The normalized spacial score (nSPS) is 20.9. The van der Waals surface area contributed by atoms with Gasteiger partial charge >= 0.3 is 11.9 Å². The third-order valence-electron chi connectivity index (χ3n) is 17.6. The molecular formula is C66H122N4O7. The molecule has 2 aliphatic rings. The second-order valence-electron chi connectivity index (χ2n) is 24.0. The van der Waals surface area contributed by atoms with Crippen molar-refractivity contribution in [3.63, 3.8) is 0 Å². The van der Waals surface area contributed by atoms with Crippen LogP contribution in [0.2, 0.25) is 0 Å². The van der Waals surface area contributed by atoms with Gasteiger partial charge in [0.1, 0.15) is 17.9 Å². The number of hydrogen-bond acceptors (Lipinski definition) is 11. The number of ether oxygens (including phenoxy) is 2. The van der Waals surface area contributed by atoms with E-state index in [4.69, 9.17) is 9.47 Å². The molecule has 0 aromatic carbocycles. The zero-order valence-corrected chi connectivity index (χ0v) is 51.4. The van der Waals surface area contributed by atoms with E-state index in [-0.39, 0.29) is 56.0 Å². The predicted molar refractivity (Wildman–Crippen MR) is 321 cm³/mol. The number of rotatable bonds is 47. The van der Waals surface area contributed by atoms with Crippen LogP contribution in [0.15, 0.2) is 12.3 Å². The van der Waals surface area contributed by atoms with E-state index in [0.29, 0.717) is 56.9 Å². The van der Waals surface area contributed by atoms with E-state index in [1.54, 1.807) is 4.90 Å². The van der Waals surface area contributed by atoms with Crippen molar-refractivity contribution < 1.29 is 34.1 Å². The number of Topliss-reactive ketones (excluding diaryl/α,β-unsaturated/α-hetero) is 1. The first-order valence-corrected chi connectivity index (χ1v) is 32.6. The van der Waals surface area contributed by atoms with E-state index in [2.05, 4.69) is 77.1 Å². The molecule has 0 aromatic heterocycles. The second kappa shape index (κ2) is 45.2. The average molecular weight is 1080 g/mol. The zero-order chi connectivity index (χ0) is 56.5. The lowest BCUT2D eigenvalue weighted by Gasteiger charge is -2.40. The Morgan fingerprint density at radius 3 is 1.75 bits per heavy atom. The van der Waals surface area contributed by atoms with Crippen LogP contribution in [-0.2, 0) is 23.9 Å². The van der Waals surface area contributed by atoms with Gasteiger partial charge in [0.05, 0.1) is 32.5 Å². The first-order chi connectivity index (χ1) is 37.4. The van der Waals surface area contributed by atoms with Crippen LogP contribution in [0.1, 0.15) is 274 Å². The molecule has 0 aliphatic heterocycles. The average Bonchev–Trinajstić information content (AvgIpc) is 3.42. The molecule has 0 heterocycles. The van der Waals surface area contributed by atoms with Gasteiger partial charge in [-0.2, -0.15) is 0 Å². The molecule has 3 N–H and O–H groups in total. The third kappa shape index (κ3) is 30.8. The Kier molecular flexibility index (Phi) is 41.4. The van der Waals surface area contributed by atoms with Gasteiger partial charge in [-0.15, -0.1) is 11.8 Å². The van der Waals surface area contributed by atoms with Crippen LogP contribution in [0.5, 0.6) is 0 Å². The lowest BCUT2D eigenvalue weighted by molar-refractivity contribution is -0.155. The van der Waals surface area contributed by atoms with Crippen LogP contribution in [0.25, 0.3) is 0 Å². The van der Waals surface area contributed by atoms with Crippen molar-refractivity contribution in [2.45, 2.75) is 298 Å². The number of ketones is 1. The van der Waals surface area contributed by atoms with Gasteiger partial charge in [-0.3, -0.25) is 24.2 Å². The quantitative estimate of drug-likeness (QED) is 0.0233. The van der Waals surface area contributed by atoms with E-state index >= 15 is 0 Å². The standard InChI is InChI=1S/C66H122N4O7/c1-10-17-22-25-27-28-31-35-56(34-30-24-19-12-3)51-76-66(75)64(47-54(8)73)70(53-72)46-44-68(16-7)43-45-69(52-71)63(55(9)67-61-41-39-57(36-20-13-4)59(48-61)33-15-6)50-65(74)77-62-42-40-58(37-21-14-5)60(49-62)38-32-29-26-23-18-11-2/h56-64,67,71-72H,9-27,29-30,32-53H2,1-8H3. The van der Waals surface area contributed by atoms with E-state index < -0.39 is 24.8 Å². The monoisotopic (exact) mass is 1080 g/mol. The largest absolute Gasteiger partial charge is 0.464 e. The van der Waals surface area contributed by atoms with Crippen molar-refractivity contribution in [2.75, 3.05) is 52.8 Å². The number of likely N-dealkylation sites (N-methyl/N-ethyl adjacent to an activating group) is 1. The van der Waals surface area contributed by atoms with Gasteiger partial charge in [-0.1, -0.05) is 196 Å².